The Bertz CT molecular complexity index is 493. The van der Waals surface area contributed by atoms with Crippen molar-refractivity contribution in [2.45, 2.75) is 6.10 Å². The van der Waals surface area contributed by atoms with Crippen molar-refractivity contribution in [3.05, 3.63) is 46.2 Å². The first-order chi connectivity index (χ1) is 7.84. The first-order valence-corrected chi connectivity index (χ1v) is 5.83. The minimum atomic E-state index is -0.588. The van der Waals surface area contributed by atoms with Gasteiger partial charge in [0.05, 0.1) is 0 Å². The Hall–Kier alpha value is -1.52. The normalized spacial score (nSPS) is 15.1. The average Bonchev–Trinajstić information content (AvgIpc) is 2.98. The Balaban J connectivity index is 1.95. The van der Waals surface area contributed by atoms with E-state index >= 15 is 0 Å². The Morgan fingerprint density at radius 3 is 2.88 bits per heavy atom. The molecule has 3 nitrogen and oxygen atoms in total. The highest BCUT2D eigenvalue weighted by Crippen LogP contribution is 2.36. The largest absolute Gasteiger partial charge is 0.454 e. The molecule has 0 amide bonds. The highest BCUT2D eigenvalue weighted by molar-refractivity contribution is 7.10. The van der Waals surface area contributed by atoms with Crippen LogP contribution in [0.15, 0.2) is 35.7 Å². The maximum absolute atomic E-state index is 10.1. The molecule has 82 valence electrons. The Labute approximate surface area is 96.9 Å². The summed E-state index contributed by atoms with van der Waals surface area (Å²) in [6, 6.07) is 9.36. The third-order valence-electron chi connectivity index (χ3n) is 2.53. The highest BCUT2D eigenvalue weighted by Gasteiger charge is 2.17. The molecule has 0 aliphatic carbocycles. The van der Waals surface area contributed by atoms with E-state index in [1.54, 1.807) is 0 Å². The molecule has 0 fully saturated rings. The topological polar surface area (TPSA) is 38.7 Å². The van der Waals surface area contributed by atoms with Gasteiger partial charge >= 0.3 is 0 Å². The van der Waals surface area contributed by atoms with Gasteiger partial charge in [-0.2, -0.15) is 0 Å². The maximum Gasteiger partial charge on any atom is 0.231 e. The van der Waals surface area contributed by atoms with E-state index in [1.165, 1.54) is 11.3 Å². The Morgan fingerprint density at radius 1 is 1.19 bits per heavy atom. The van der Waals surface area contributed by atoms with Crippen molar-refractivity contribution in [3.8, 4) is 11.5 Å². The van der Waals surface area contributed by atoms with E-state index < -0.39 is 6.10 Å². The molecule has 0 saturated heterocycles. The van der Waals surface area contributed by atoms with Crippen molar-refractivity contribution in [2.75, 3.05) is 6.79 Å². The lowest BCUT2D eigenvalue weighted by Crippen LogP contribution is -1.96. The molecular weight excluding hydrogens is 224 g/mol. The molecule has 1 N–H and O–H groups in total. The molecule has 1 aliphatic heterocycles. The second-order valence-electron chi connectivity index (χ2n) is 3.53. The molecule has 0 spiro atoms. The summed E-state index contributed by atoms with van der Waals surface area (Å²) in [6.07, 6.45) is -0.588. The lowest BCUT2D eigenvalue weighted by molar-refractivity contribution is 0.173. The van der Waals surface area contributed by atoms with E-state index in [9.17, 15) is 5.11 Å². The molecule has 16 heavy (non-hydrogen) atoms. The van der Waals surface area contributed by atoms with Crippen LogP contribution in [0.4, 0.5) is 0 Å². The zero-order chi connectivity index (χ0) is 11.0. The molecule has 0 saturated carbocycles. The molecule has 2 heterocycles. The van der Waals surface area contributed by atoms with E-state index in [0.717, 1.165) is 16.2 Å². The molecule has 1 aliphatic rings. The average molecular weight is 234 g/mol. The van der Waals surface area contributed by atoms with Crippen molar-refractivity contribution in [1.29, 1.82) is 0 Å². The zero-order valence-corrected chi connectivity index (χ0v) is 9.24. The second-order valence-corrected chi connectivity index (χ2v) is 4.51. The van der Waals surface area contributed by atoms with Crippen LogP contribution in [0, 0.1) is 0 Å². The molecule has 1 aromatic carbocycles. The van der Waals surface area contributed by atoms with Crippen molar-refractivity contribution < 1.29 is 14.6 Å². The van der Waals surface area contributed by atoms with Gasteiger partial charge in [-0.3, -0.25) is 0 Å². The molecular formula is C12H10O3S. The summed E-state index contributed by atoms with van der Waals surface area (Å²) in [7, 11) is 0. The quantitative estimate of drug-likeness (QED) is 0.868. The van der Waals surface area contributed by atoms with Crippen molar-refractivity contribution >= 4 is 11.3 Å². The van der Waals surface area contributed by atoms with Crippen LogP contribution in [0.3, 0.4) is 0 Å². The minimum absolute atomic E-state index is 0.258. The number of hydrogen-bond donors (Lipinski definition) is 1. The molecule has 1 aromatic heterocycles. The standard InChI is InChI=1S/C12H10O3S/c13-12(11-2-1-5-16-11)8-3-4-9-10(6-8)15-7-14-9/h1-6,12-13H,7H2. The van der Waals surface area contributed by atoms with Gasteiger partial charge in [-0.25, -0.2) is 0 Å². The van der Waals surface area contributed by atoms with Crippen LogP contribution in [0.25, 0.3) is 0 Å². The number of ether oxygens (including phenoxy) is 2. The number of aliphatic hydroxyl groups is 1. The fraction of sp³-hybridized carbons (Fsp3) is 0.167. The number of benzene rings is 1. The monoisotopic (exact) mass is 234 g/mol. The lowest BCUT2D eigenvalue weighted by atomic mass is 10.1. The molecule has 4 heteroatoms. The van der Waals surface area contributed by atoms with Gasteiger partial charge in [0.1, 0.15) is 6.10 Å². The van der Waals surface area contributed by atoms with E-state index in [4.69, 9.17) is 9.47 Å². The number of fused-ring (bicyclic) bond motifs is 1. The van der Waals surface area contributed by atoms with Crippen LogP contribution >= 0.6 is 11.3 Å². The van der Waals surface area contributed by atoms with Crippen LogP contribution in [0.5, 0.6) is 11.5 Å². The van der Waals surface area contributed by atoms with Crippen LogP contribution in [-0.2, 0) is 0 Å². The summed E-state index contributed by atoms with van der Waals surface area (Å²) in [5.41, 5.74) is 0.826. The van der Waals surface area contributed by atoms with Crippen molar-refractivity contribution in [2.24, 2.45) is 0 Å². The van der Waals surface area contributed by atoms with Gasteiger partial charge in [-0.1, -0.05) is 12.1 Å². The zero-order valence-electron chi connectivity index (χ0n) is 8.42. The number of hydrogen-bond acceptors (Lipinski definition) is 4. The van der Waals surface area contributed by atoms with Gasteiger partial charge in [0, 0.05) is 4.88 Å². The maximum atomic E-state index is 10.1. The fourth-order valence-electron chi connectivity index (χ4n) is 1.69. The smallest absolute Gasteiger partial charge is 0.231 e. The van der Waals surface area contributed by atoms with E-state index in [2.05, 4.69) is 0 Å². The SMILES string of the molecule is OC(c1ccc2c(c1)OCO2)c1cccs1. The molecule has 1 atom stereocenters. The third kappa shape index (κ3) is 1.56. The Kier molecular flexibility index (Phi) is 2.31. The summed E-state index contributed by atoms with van der Waals surface area (Å²) < 4.78 is 10.5. The fourth-order valence-corrected chi connectivity index (χ4v) is 2.43. The van der Waals surface area contributed by atoms with Crippen LogP contribution in [0.2, 0.25) is 0 Å². The van der Waals surface area contributed by atoms with Gasteiger partial charge in [0.15, 0.2) is 11.5 Å². The number of rotatable bonds is 2. The summed E-state index contributed by atoms with van der Waals surface area (Å²) in [5, 5.41) is 12.1. The second kappa shape index (κ2) is 3.81. The van der Waals surface area contributed by atoms with Gasteiger partial charge in [0.2, 0.25) is 6.79 Å². The van der Waals surface area contributed by atoms with Crippen LogP contribution in [-0.4, -0.2) is 11.9 Å². The van der Waals surface area contributed by atoms with Gasteiger partial charge < -0.3 is 14.6 Å². The number of thiophene rings is 1. The summed E-state index contributed by atoms with van der Waals surface area (Å²) >= 11 is 1.54. The third-order valence-corrected chi connectivity index (χ3v) is 3.45. The van der Waals surface area contributed by atoms with Gasteiger partial charge in [-0.05, 0) is 29.1 Å². The predicted octanol–water partition coefficient (Wildman–Crippen LogP) is 2.56. The van der Waals surface area contributed by atoms with Crippen molar-refractivity contribution in [3.63, 3.8) is 0 Å². The molecule has 0 radical (unpaired) electrons. The van der Waals surface area contributed by atoms with E-state index in [0.29, 0.717) is 5.75 Å². The summed E-state index contributed by atoms with van der Waals surface area (Å²) in [6.45, 7) is 0.258. The summed E-state index contributed by atoms with van der Waals surface area (Å²) in [4.78, 5) is 0.930. The van der Waals surface area contributed by atoms with Crippen LogP contribution < -0.4 is 9.47 Å². The van der Waals surface area contributed by atoms with Gasteiger partial charge in [-0.15, -0.1) is 11.3 Å². The van der Waals surface area contributed by atoms with E-state index in [-0.39, 0.29) is 6.79 Å². The minimum Gasteiger partial charge on any atom is -0.454 e. The van der Waals surface area contributed by atoms with E-state index in [1.807, 2.05) is 35.7 Å². The van der Waals surface area contributed by atoms with Crippen molar-refractivity contribution in [1.82, 2.24) is 0 Å². The predicted molar refractivity (Wildman–Crippen MR) is 60.9 cm³/mol. The van der Waals surface area contributed by atoms with Crippen LogP contribution in [0.1, 0.15) is 16.5 Å². The molecule has 0 bridgehead atoms. The van der Waals surface area contributed by atoms with Gasteiger partial charge in [0.25, 0.3) is 0 Å². The Morgan fingerprint density at radius 2 is 2.06 bits per heavy atom. The molecule has 2 aromatic rings. The molecule has 1 unspecified atom stereocenters. The first-order valence-electron chi connectivity index (χ1n) is 4.95. The lowest BCUT2D eigenvalue weighted by Gasteiger charge is -2.09. The highest BCUT2D eigenvalue weighted by atomic mass is 32.1. The molecule has 3 rings (SSSR count). The first kappa shape index (κ1) is 9.69. The summed E-state index contributed by atoms with van der Waals surface area (Å²) in [5.74, 6) is 1.44. The number of aliphatic hydroxyl groups excluding tert-OH is 1.